The molecule has 1 aromatic carbocycles. The Morgan fingerprint density at radius 3 is 2.48 bits per heavy atom. The zero-order chi connectivity index (χ0) is 24.2. The average Bonchev–Trinajstić information content (AvgIpc) is 2.72. The summed E-state index contributed by atoms with van der Waals surface area (Å²) in [6.45, 7) is 13.2. The number of para-hydroxylation sites is 2. The number of hydrogen-bond donors (Lipinski definition) is 1. The van der Waals surface area contributed by atoms with E-state index in [9.17, 15) is 9.59 Å². The predicted molar refractivity (Wildman–Crippen MR) is 131 cm³/mol. The van der Waals surface area contributed by atoms with Gasteiger partial charge in [-0.05, 0) is 65.5 Å². The Morgan fingerprint density at radius 1 is 1.15 bits per heavy atom. The monoisotopic (exact) mass is 460 g/mol. The van der Waals surface area contributed by atoms with E-state index in [-0.39, 0.29) is 30.3 Å². The lowest BCUT2D eigenvalue weighted by atomic mass is 9.98. The fourth-order valence-corrected chi connectivity index (χ4v) is 4.62. The molecule has 8 nitrogen and oxygen atoms in total. The summed E-state index contributed by atoms with van der Waals surface area (Å²) in [4.78, 5) is 31.2. The number of nitrogens with zero attached hydrogens (tertiary/aromatic N) is 3. The molecule has 2 aliphatic heterocycles. The highest BCUT2D eigenvalue weighted by atomic mass is 16.6. The molecule has 33 heavy (non-hydrogen) atoms. The molecule has 2 fully saturated rings. The summed E-state index contributed by atoms with van der Waals surface area (Å²) in [7, 11) is 1.76. The van der Waals surface area contributed by atoms with Crippen LogP contribution in [0.2, 0.25) is 0 Å². The van der Waals surface area contributed by atoms with Crippen molar-refractivity contribution in [3.63, 3.8) is 0 Å². The molecule has 2 heterocycles. The highest BCUT2D eigenvalue weighted by Crippen LogP contribution is 2.29. The van der Waals surface area contributed by atoms with E-state index in [1.165, 1.54) is 0 Å². The normalized spacial score (nSPS) is 23.8. The number of likely N-dealkylation sites (tertiary alicyclic amines) is 1. The zero-order valence-electron chi connectivity index (χ0n) is 21.0. The average molecular weight is 461 g/mol. The minimum Gasteiger partial charge on any atom is -0.444 e. The lowest BCUT2D eigenvalue weighted by Gasteiger charge is -2.38. The number of anilines is 2. The molecule has 2 aliphatic rings. The number of rotatable bonds is 4. The van der Waals surface area contributed by atoms with Crippen molar-refractivity contribution in [3.8, 4) is 0 Å². The van der Waals surface area contributed by atoms with Gasteiger partial charge in [0.2, 0.25) is 0 Å². The summed E-state index contributed by atoms with van der Waals surface area (Å²) in [6, 6.07) is 7.85. The SMILES string of the molecule is CC1CN(c2ccccc2NC(=O)N2CCCC(CN(C)C(=O)OC(C)(C)C)C2)CC(C)O1. The van der Waals surface area contributed by atoms with E-state index in [1.54, 1.807) is 11.9 Å². The molecule has 0 saturated carbocycles. The van der Waals surface area contributed by atoms with Crippen molar-refractivity contribution in [2.75, 3.05) is 50.0 Å². The van der Waals surface area contributed by atoms with Gasteiger partial charge in [-0.25, -0.2) is 9.59 Å². The van der Waals surface area contributed by atoms with Gasteiger partial charge in [-0.2, -0.15) is 0 Å². The Labute approximate surface area is 198 Å². The topological polar surface area (TPSA) is 74.4 Å². The van der Waals surface area contributed by atoms with Gasteiger partial charge in [-0.3, -0.25) is 0 Å². The second kappa shape index (κ2) is 10.6. The van der Waals surface area contributed by atoms with Gasteiger partial charge < -0.3 is 29.5 Å². The first-order valence-corrected chi connectivity index (χ1v) is 12.0. The first-order chi connectivity index (χ1) is 15.5. The van der Waals surface area contributed by atoms with E-state index in [2.05, 4.69) is 30.1 Å². The van der Waals surface area contributed by atoms with Crippen molar-refractivity contribution in [1.29, 1.82) is 0 Å². The largest absolute Gasteiger partial charge is 0.444 e. The van der Waals surface area contributed by atoms with Gasteiger partial charge in [-0.1, -0.05) is 12.1 Å². The highest BCUT2D eigenvalue weighted by molar-refractivity contribution is 5.93. The molecule has 0 radical (unpaired) electrons. The van der Waals surface area contributed by atoms with E-state index >= 15 is 0 Å². The third-order valence-electron chi connectivity index (χ3n) is 5.95. The number of urea groups is 1. The van der Waals surface area contributed by atoms with Crippen molar-refractivity contribution in [2.45, 2.75) is 65.3 Å². The van der Waals surface area contributed by atoms with Crippen LogP contribution in [0.5, 0.6) is 0 Å². The van der Waals surface area contributed by atoms with Gasteiger partial charge in [0.05, 0.1) is 23.6 Å². The van der Waals surface area contributed by atoms with E-state index in [1.807, 2.05) is 43.9 Å². The molecule has 1 aromatic rings. The molecule has 0 bridgehead atoms. The standard InChI is InChI=1S/C25H40N4O4/c1-18-14-29(15-19(2)32-18)22-12-8-7-11-21(22)26-23(30)28-13-9-10-20(17-28)16-27(6)24(31)33-25(3,4)5/h7-8,11-12,18-20H,9-10,13-17H2,1-6H3,(H,26,30). The van der Waals surface area contributed by atoms with Crippen LogP contribution in [-0.4, -0.2) is 79.5 Å². The van der Waals surface area contributed by atoms with E-state index in [0.29, 0.717) is 19.6 Å². The molecule has 3 rings (SSSR count). The first kappa shape index (κ1) is 25.1. The van der Waals surface area contributed by atoms with Crippen LogP contribution in [0.25, 0.3) is 0 Å². The van der Waals surface area contributed by atoms with Crippen molar-refractivity contribution in [3.05, 3.63) is 24.3 Å². The molecular formula is C25H40N4O4. The summed E-state index contributed by atoms with van der Waals surface area (Å²) >= 11 is 0. The molecule has 8 heteroatoms. The quantitative estimate of drug-likeness (QED) is 0.720. The third kappa shape index (κ3) is 7.25. The second-order valence-corrected chi connectivity index (χ2v) is 10.4. The number of carbonyl (C=O) groups excluding carboxylic acids is 2. The van der Waals surface area contributed by atoms with Crippen LogP contribution in [-0.2, 0) is 9.47 Å². The molecule has 0 spiro atoms. The fourth-order valence-electron chi connectivity index (χ4n) is 4.62. The third-order valence-corrected chi connectivity index (χ3v) is 5.95. The number of hydrogen-bond acceptors (Lipinski definition) is 5. The summed E-state index contributed by atoms with van der Waals surface area (Å²) in [6.07, 6.45) is 1.86. The lowest BCUT2D eigenvalue weighted by Crippen LogP contribution is -2.47. The van der Waals surface area contributed by atoms with Crippen LogP contribution in [0.1, 0.15) is 47.5 Å². The van der Waals surface area contributed by atoms with Gasteiger partial charge in [0, 0.05) is 39.8 Å². The smallest absolute Gasteiger partial charge is 0.410 e. The maximum Gasteiger partial charge on any atom is 0.410 e. The second-order valence-electron chi connectivity index (χ2n) is 10.4. The lowest BCUT2D eigenvalue weighted by molar-refractivity contribution is -0.00518. The van der Waals surface area contributed by atoms with Crippen LogP contribution in [0.15, 0.2) is 24.3 Å². The van der Waals surface area contributed by atoms with Gasteiger partial charge in [0.15, 0.2) is 0 Å². The van der Waals surface area contributed by atoms with E-state index < -0.39 is 5.60 Å². The number of nitrogens with one attached hydrogen (secondary N) is 1. The molecule has 3 unspecified atom stereocenters. The molecule has 3 atom stereocenters. The van der Waals surface area contributed by atoms with Crippen LogP contribution >= 0.6 is 0 Å². The number of benzene rings is 1. The minimum atomic E-state index is -0.521. The molecule has 2 saturated heterocycles. The van der Waals surface area contributed by atoms with Crippen molar-refractivity contribution in [1.82, 2.24) is 9.80 Å². The molecule has 184 valence electrons. The zero-order valence-corrected chi connectivity index (χ0v) is 21.0. The predicted octanol–water partition coefficient (Wildman–Crippen LogP) is 4.41. The highest BCUT2D eigenvalue weighted by Gasteiger charge is 2.29. The Bertz CT molecular complexity index is 815. The number of amides is 3. The van der Waals surface area contributed by atoms with E-state index in [4.69, 9.17) is 9.47 Å². The van der Waals surface area contributed by atoms with Crippen molar-refractivity contribution < 1.29 is 19.1 Å². The first-order valence-electron chi connectivity index (χ1n) is 12.0. The maximum atomic E-state index is 13.2. The Kier molecular flexibility index (Phi) is 8.10. The molecule has 1 N–H and O–H groups in total. The number of ether oxygens (including phenoxy) is 2. The molecule has 3 amide bonds. The molecule has 0 aromatic heterocycles. The van der Waals surface area contributed by atoms with Gasteiger partial charge in [-0.15, -0.1) is 0 Å². The summed E-state index contributed by atoms with van der Waals surface area (Å²) < 4.78 is 11.3. The van der Waals surface area contributed by atoms with Gasteiger partial charge in [0.25, 0.3) is 0 Å². The van der Waals surface area contributed by atoms with E-state index in [0.717, 1.165) is 37.3 Å². The minimum absolute atomic E-state index is 0.0959. The number of morpholine rings is 1. The maximum absolute atomic E-state index is 13.2. The van der Waals surface area contributed by atoms with Crippen LogP contribution in [0, 0.1) is 5.92 Å². The van der Waals surface area contributed by atoms with Gasteiger partial charge >= 0.3 is 12.1 Å². The van der Waals surface area contributed by atoms with Crippen LogP contribution in [0.4, 0.5) is 21.0 Å². The fraction of sp³-hybridized carbons (Fsp3) is 0.680. The van der Waals surface area contributed by atoms with Crippen LogP contribution < -0.4 is 10.2 Å². The Balaban J connectivity index is 1.60. The number of piperidine rings is 1. The molecular weight excluding hydrogens is 420 g/mol. The summed E-state index contributed by atoms with van der Waals surface area (Å²) in [5, 5.41) is 3.13. The van der Waals surface area contributed by atoms with Gasteiger partial charge in [0.1, 0.15) is 5.60 Å². The molecule has 0 aliphatic carbocycles. The Hall–Kier alpha value is -2.48. The van der Waals surface area contributed by atoms with Crippen molar-refractivity contribution >= 4 is 23.5 Å². The number of carbonyl (C=O) groups is 2. The van der Waals surface area contributed by atoms with Crippen molar-refractivity contribution in [2.24, 2.45) is 5.92 Å². The summed E-state index contributed by atoms with van der Waals surface area (Å²) in [5.41, 5.74) is 1.32. The Morgan fingerprint density at radius 2 is 1.82 bits per heavy atom. The summed E-state index contributed by atoms with van der Waals surface area (Å²) in [5.74, 6) is 0.221. The van der Waals surface area contributed by atoms with Crippen LogP contribution in [0.3, 0.4) is 0 Å².